The Labute approximate surface area is 114 Å². The molecule has 1 atom stereocenters. The van der Waals surface area contributed by atoms with Gasteiger partial charge in [0.1, 0.15) is 0 Å². The Morgan fingerprint density at radius 2 is 2.00 bits per heavy atom. The molecule has 0 aliphatic rings. The number of benzene rings is 1. The van der Waals surface area contributed by atoms with Gasteiger partial charge in [-0.3, -0.25) is 0 Å². The van der Waals surface area contributed by atoms with Gasteiger partial charge in [0.2, 0.25) is 0 Å². The van der Waals surface area contributed by atoms with E-state index in [0.717, 1.165) is 12.0 Å². The topological polar surface area (TPSA) is 72.5 Å². The standard InChI is InChI=1S/C15H18N4/c1-15(2,3)10-14(18-19-17)9-8-12-4-6-13(11-16)7-5-12/h4-9,14H,10H2,1-3H3/b9-8+. The fraction of sp³-hybridized carbons (Fsp3) is 0.400. The first-order valence-corrected chi connectivity index (χ1v) is 6.17. The minimum atomic E-state index is -0.152. The molecule has 0 heterocycles. The van der Waals surface area contributed by atoms with E-state index >= 15 is 0 Å². The summed E-state index contributed by atoms with van der Waals surface area (Å²) in [6.07, 6.45) is 4.63. The molecule has 19 heavy (non-hydrogen) atoms. The largest absolute Gasteiger partial charge is 0.192 e. The second-order valence-corrected chi connectivity index (χ2v) is 5.63. The predicted octanol–water partition coefficient (Wildman–Crippen LogP) is 4.69. The SMILES string of the molecule is CC(C)(C)CC(/C=C/c1ccc(C#N)cc1)N=[N+]=[N-]. The summed E-state index contributed by atoms with van der Waals surface area (Å²) in [6.45, 7) is 6.34. The maximum Gasteiger partial charge on any atom is 0.0991 e. The molecule has 0 N–H and O–H groups in total. The quantitative estimate of drug-likeness (QED) is 0.436. The molecule has 0 amide bonds. The lowest BCUT2D eigenvalue weighted by Crippen LogP contribution is -2.13. The minimum absolute atomic E-state index is 0.105. The maximum atomic E-state index is 8.72. The monoisotopic (exact) mass is 254 g/mol. The van der Waals surface area contributed by atoms with Crippen LogP contribution in [0.3, 0.4) is 0 Å². The molecule has 4 nitrogen and oxygen atoms in total. The molecule has 0 spiro atoms. The van der Waals surface area contributed by atoms with Crippen LogP contribution < -0.4 is 0 Å². The molecule has 4 heteroatoms. The third-order valence-corrected chi connectivity index (χ3v) is 2.57. The molecule has 1 aromatic rings. The number of nitrogens with zero attached hydrogens (tertiary/aromatic N) is 4. The van der Waals surface area contributed by atoms with Gasteiger partial charge in [-0.25, -0.2) is 0 Å². The van der Waals surface area contributed by atoms with E-state index in [4.69, 9.17) is 10.8 Å². The van der Waals surface area contributed by atoms with Crippen molar-refractivity contribution in [2.75, 3.05) is 0 Å². The lowest BCUT2D eigenvalue weighted by Gasteiger charge is -2.20. The number of hydrogen-bond donors (Lipinski definition) is 0. The van der Waals surface area contributed by atoms with E-state index in [0.29, 0.717) is 5.56 Å². The fourth-order valence-electron chi connectivity index (χ4n) is 1.73. The summed E-state index contributed by atoms with van der Waals surface area (Å²) in [4.78, 5) is 2.89. The summed E-state index contributed by atoms with van der Waals surface area (Å²) in [5.41, 5.74) is 10.3. The molecule has 98 valence electrons. The van der Waals surface area contributed by atoms with Crippen LogP contribution in [0.2, 0.25) is 0 Å². The summed E-state index contributed by atoms with van der Waals surface area (Å²) in [5, 5.41) is 12.5. The minimum Gasteiger partial charge on any atom is -0.192 e. The number of rotatable bonds is 4. The summed E-state index contributed by atoms with van der Waals surface area (Å²) >= 11 is 0. The highest BCUT2D eigenvalue weighted by molar-refractivity contribution is 5.51. The van der Waals surface area contributed by atoms with Gasteiger partial charge < -0.3 is 0 Å². The van der Waals surface area contributed by atoms with E-state index in [1.807, 2.05) is 24.3 Å². The van der Waals surface area contributed by atoms with E-state index in [2.05, 4.69) is 36.9 Å². The average molecular weight is 254 g/mol. The molecule has 0 aliphatic heterocycles. The Bertz CT molecular complexity index is 523. The van der Waals surface area contributed by atoms with E-state index in [1.54, 1.807) is 12.1 Å². The first kappa shape index (κ1) is 14.8. The van der Waals surface area contributed by atoms with Crippen molar-refractivity contribution in [2.45, 2.75) is 33.2 Å². The normalized spacial score (nSPS) is 12.7. The van der Waals surface area contributed by atoms with Crippen molar-refractivity contribution < 1.29 is 0 Å². The zero-order valence-electron chi connectivity index (χ0n) is 11.5. The lowest BCUT2D eigenvalue weighted by molar-refractivity contribution is 0.361. The van der Waals surface area contributed by atoms with Crippen molar-refractivity contribution in [2.24, 2.45) is 10.5 Å². The summed E-state index contributed by atoms with van der Waals surface area (Å²) in [6, 6.07) is 9.22. The zero-order chi connectivity index (χ0) is 14.3. The van der Waals surface area contributed by atoms with Crippen LogP contribution in [0.15, 0.2) is 35.5 Å². The van der Waals surface area contributed by atoms with Gasteiger partial charge in [-0.2, -0.15) is 5.26 Å². The van der Waals surface area contributed by atoms with Crippen molar-refractivity contribution in [3.8, 4) is 6.07 Å². The fourth-order valence-corrected chi connectivity index (χ4v) is 1.73. The van der Waals surface area contributed by atoms with Crippen LogP contribution in [0, 0.1) is 16.7 Å². The highest BCUT2D eigenvalue weighted by Crippen LogP contribution is 2.23. The third kappa shape index (κ3) is 5.76. The summed E-state index contributed by atoms with van der Waals surface area (Å²) in [7, 11) is 0. The Balaban J connectivity index is 2.80. The van der Waals surface area contributed by atoms with E-state index in [-0.39, 0.29) is 11.5 Å². The highest BCUT2D eigenvalue weighted by atomic mass is 15.1. The van der Waals surface area contributed by atoms with Crippen LogP contribution in [0.4, 0.5) is 0 Å². The van der Waals surface area contributed by atoms with Crippen LogP contribution in [0.5, 0.6) is 0 Å². The van der Waals surface area contributed by atoms with Gasteiger partial charge in [0, 0.05) is 4.91 Å². The molecule has 1 unspecified atom stereocenters. The van der Waals surface area contributed by atoms with E-state index < -0.39 is 0 Å². The highest BCUT2D eigenvalue weighted by Gasteiger charge is 2.15. The van der Waals surface area contributed by atoms with Crippen molar-refractivity contribution in [3.63, 3.8) is 0 Å². The van der Waals surface area contributed by atoms with Crippen molar-refractivity contribution in [1.29, 1.82) is 5.26 Å². The molecule has 0 fully saturated rings. The second-order valence-electron chi connectivity index (χ2n) is 5.63. The lowest BCUT2D eigenvalue weighted by atomic mass is 9.88. The van der Waals surface area contributed by atoms with Gasteiger partial charge in [-0.1, -0.05) is 50.2 Å². The van der Waals surface area contributed by atoms with Crippen LogP contribution in [0.1, 0.15) is 38.3 Å². The second kappa shape index (κ2) is 6.63. The molecule has 0 aromatic heterocycles. The van der Waals surface area contributed by atoms with Crippen molar-refractivity contribution in [3.05, 3.63) is 51.9 Å². The van der Waals surface area contributed by atoms with Crippen LogP contribution in [0.25, 0.3) is 16.5 Å². The third-order valence-electron chi connectivity index (χ3n) is 2.57. The number of hydrogen-bond acceptors (Lipinski definition) is 2. The number of nitriles is 1. The smallest absolute Gasteiger partial charge is 0.0991 e. The Hall–Kier alpha value is -2.24. The van der Waals surface area contributed by atoms with Gasteiger partial charge >= 0.3 is 0 Å². The molecule has 1 aromatic carbocycles. The maximum absolute atomic E-state index is 8.72. The molecular formula is C15H18N4. The van der Waals surface area contributed by atoms with E-state index in [9.17, 15) is 0 Å². The van der Waals surface area contributed by atoms with Gasteiger partial charge in [0.05, 0.1) is 17.7 Å². The predicted molar refractivity (Wildman–Crippen MR) is 77.2 cm³/mol. The van der Waals surface area contributed by atoms with Gasteiger partial charge in [0.15, 0.2) is 0 Å². The molecule has 0 saturated carbocycles. The zero-order valence-corrected chi connectivity index (χ0v) is 11.5. The van der Waals surface area contributed by atoms with Crippen LogP contribution in [-0.2, 0) is 0 Å². The molecule has 1 rings (SSSR count). The van der Waals surface area contributed by atoms with Crippen LogP contribution in [-0.4, -0.2) is 6.04 Å². The Morgan fingerprint density at radius 1 is 1.37 bits per heavy atom. The molecule has 0 aliphatic carbocycles. The summed E-state index contributed by atoms with van der Waals surface area (Å²) < 4.78 is 0. The van der Waals surface area contributed by atoms with Gasteiger partial charge in [-0.15, -0.1) is 0 Å². The van der Waals surface area contributed by atoms with Crippen LogP contribution >= 0.6 is 0 Å². The van der Waals surface area contributed by atoms with E-state index in [1.165, 1.54) is 0 Å². The first-order valence-electron chi connectivity index (χ1n) is 6.17. The molecular weight excluding hydrogens is 236 g/mol. The summed E-state index contributed by atoms with van der Waals surface area (Å²) in [5.74, 6) is 0. The molecule has 0 bridgehead atoms. The van der Waals surface area contributed by atoms with Crippen molar-refractivity contribution >= 4 is 6.08 Å². The first-order chi connectivity index (χ1) is 8.94. The molecule has 0 saturated heterocycles. The number of azide groups is 1. The van der Waals surface area contributed by atoms with Crippen molar-refractivity contribution in [1.82, 2.24) is 0 Å². The van der Waals surface area contributed by atoms with Gasteiger partial charge in [-0.05, 0) is 35.1 Å². The van der Waals surface area contributed by atoms with Gasteiger partial charge in [0.25, 0.3) is 0 Å². The molecule has 0 radical (unpaired) electrons. The Kier molecular flexibility index (Phi) is 5.17. The average Bonchev–Trinajstić information content (AvgIpc) is 2.35. The Morgan fingerprint density at radius 3 is 2.47 bits per heavy atom.